The molecule has 0 atom stereocenters. The average Bonchev–Trinajstić information content (AvgIpc) is 2.13. The summed E-state index contributed by atoms with van der Waals surface area (Å²) >= 11 is 0. The van der Waals surface area contributed by atoms with E-state index in [2.05, 4.69) is 4.42 Å². The maximum Gasteiger partial charge on any atom is 0.775 e. The topological polar surface area (TPSA) is 11.3 Å². The Morgan fingerprint density at radius 1 is 1.29 bits per heavy atom. The fourth-order valence-corrected chi connectivity index (χ4v) is 0.776. The first kappa shape index (κ1) is 6.98. The number of hydrogen-bond donors (Lipinski definition) is 0. The summed E-state index contributed by atoms with van der Waals surface area (Å²) in [4.78, 5) is 0. The molecule has 1 aromatic carbocycles. The second-order valence-corrected chi connectivity index (χ2v) is 2.38. The highest BCUT2D eigenvalue weighted by atomic mass is 19.4. The fraction of sp³-hybridized carbons (Fsp3) is 0.222. The van der Waals surface area contributed by atoms with Gasteiger partial charge in [-0.1, -0.05) is 13.2 Å². The number of hydrogen-bond acceptors (Lipinski definition) is 0. The Kier molecular flexibility index (Phi) is 1.88. The van der Waals surface area contributed by atoms with Gasteiger partial charge in [0.2, 0.25) is 0 Å². The second-order valence-electron chi connectivity index (χ2n) is 2.38. The molecule has 0 aromatic heterocycles. The number of halogens is 4. The number of carbonyl (C=O) groups excluding carboxylic acids is 1. The zero-order chi connectivity index (χ0) is 13.3. The zero-order valence-electron chi connectivity index (χ0n) is 9.73. The lowest BCUT2D eigenvalue weighted by Gasteiger charge is -1.92. The molecule has 0 unspecified atom stereocenters. The SMILES string of the molecule is [2H]C([2H])([2H])C(=[O+]C(F)(F)F)c1ccc(F)cc1. The predicted octanol–water partition coefficient (Wildman–Crippen LogP) is 3.08. The lowest BCUT2D eigenvalue weighted by molar-refractivity contribution is -0.553. The van der Waals surface area contributed by atoms with E-state index in [9.17, 15) is 17.6 Å². The third kappa shape index (κ3) is 3.16. The van der Waals surface area contributed by atoms with Gasteiger partial charge < -0.3 is 0 Å². The highest BCUT2D eigenvalue weighted by Crippen LogP contribution is 2.17. The minimum absolute atomic E-state index is 0.344. The molecule has 5 heteroatoms. The number of alkyl halides is 3. The summed E-state index contributed by atoms with van der Waals surface area (Å²) in [6.07, 6.45) is -5.11. The van der Waals surface area contributed by atoms with E-state index in [-0.39, 0.29) is 5.56 Å². The molecule has 0 amide bonds. The van der Waals surface area contributed by atoms with Crippen molar-refractivity contribution in [1.82, 2.24) is 0 Å². The van der Waals surface area contributed by atoms with Crippen LogP contribution in [-0.4, -0.2) is 12.1 Å². The van der Waals surface area contributed by atoms with Crippen LogP contribution in [0.15, 0.2) is 24.3 Å². The summed E-state index contributed by atoms with van der Waals surface area (Å²) in [5.41, 5.74) is -0.344. The van der Waals surface area contributed by atoms with E-state index in [0.717, 1.165) is 24.3 Å². The first-order valence-electron chi connectivity index (χ1n) is 4.99. The largest absolute Gasteiger partial charge is 0.775 e. The molecule has 1 nitrogen and oxygen atoms in total. The number of ketones is 1. The molecule has 0 aliphatic rings. The van der Waals surface area contributed by atoms with Gasteiger partial charge in [0.25, 0.3) is 0 Å². The second kappa shape index (κ2) is 3.77. The molecule has 0 bridgehead atoms. The summed E-state index contributed by atoms with van der Waals surface area (Å²) in [5, 5.41) is 0. The van der Waals surface area contributed by atoms with Crippen LogP contribution in [0.1, 0.15) is 21.0 Å². The summed E-state index contributed by atoms with van der Waals surface area (Å²) in [6.45, 7) is -3.08. The molecular weight excluding hydrogens is 200 g/mol. The van der Waals surface area contributed by atoms with Crippen molar-refractivity contribution in [2.75, 3.05) is 0 Å². The summed E-state index contributed by atoms with van der Waals surface area (Å²) in [6, 6.07) is 3.51. The summed E-state index contributed by atoms with van der Waals surface area (Å²) in [5.74, 6) is -1.92. The Morgan fingerprint density at radius 3 is 2.29 bits per heavy atom. The number of benzene rings is 1. The lowest BCUT2D eigenvalue weighted by atomic mass is 10.1. The Labute approximate surface area is 81.9 Å². The van der Waals surface area contributed by atoms with Gasteiger partial charge in [0, 0.05) is 4.11 Å². The van der Waals surface area contributed by atoms with Crippen LogP contribution in [0.3, 0.4) is 0 Å². The maximum absolute atomic E-state index is 12.6. The predicted molar refractivity (Wildman–Crippen MR) is 42.5 cm³/mol. The zero-order valence-corrected chi connectivity index (χ0v) is 6.73. The van der Waals surface area contributed by atoms with E-state index in [4.69, 9.17) is 4.11 Å². The number of rotatable bonds is 1. The van der Waals surface area contributed by atoms with E-state index in [1.807, 2.05) is 0 Å². The molecule has 1 rings (SSSR count). The third-order valence-electron chi connectivity index (χ3n) is 1.32. The Morgan fingerprint density at radius 2 is 1.86 bits per heavy atom. The van der Waals surface area contributed by atoms with E-state index < -0.39 is 24.8 Å². The van der Waals surface area contributed by atoms with Gasteiger partial charge in [-0.2, -0.15) is 4.42 Å². The van der Waals surface area contributed by atoms with Crippen molar-refractivity contribution in [3.8, 4) is 0 Å². The summed E-state index contributed by atoms with van der Waals surface area (Å²) in [7, 11) is 0. The molecule has 0 radical (unpaired) electrons. The molecule has 0 aliphatic heterocycles. The monoisotopic (exact) mass is 210 g/mol. The quantitative estimate of drug-likeness (QED) is 0.383. The van der Waals surface area contributed by atoms with Crippen molar-refractivity contribution < 1.29 is 26.1 Å². The highest BCUT2D eigenvalue weighted by molar-refractivity contribution is 5.94. The average molecular weight is 210 g/mol. The van der Waals surface area contributed by atoms with Crippen LogP contribution in [0.4, 0.5) is 17.6 Å². The van der Waals surface area contributed by atoms with Gasteiger partial charge in [0.15, 0.2) is 0 Å². The van der Waals surface area contributed by atoms with Gasteiger partial charge in [0.05, 0.1) is 12.4 Å². The standard InChI is InChI=1S/C9H7F4O/c1-6(14-9(11,12)13)7-2-4-8(10)5-3-7/h2-5H,1H3/q+1/i1D3. The van der Waals surface area contributed by atoms with Crippen LogP contribution in [0.5, 0.6) is 0 Å². The Bertz CT molecular complexity index is 419. The highest BCUT2D eigenvalue weighted by Gasteiger charge is 2.44. The van der Waals surface area contributed by atoms with Crippen molar-refractivity contribution in [1.29, 1.82) is 0 Å². The van der Waals surface area contributed by atoms with Crippen LogP contribution in [0.25, 0.3) is 0 Å². The van der Waals surface area contributed by atoms with Crippen molar-refractivity contribution in [2.45, 2.75) is 13.2 Å². The Balaban J connectivity index is 3.26. The van der Waals surface area contributed by atoms with Crippen molar-refractivity contribution in [2.24, 2.45) is 0 Å². The van der Waals surface area contributed by atoms with Crippen LogP contribution in [0, 0.1) is 5.82 Å². The lowest BCUT2D eigenvalue weighted by Crippen LogP contribution is -2.08. The van der Waals surface area contributed by atoms with Gasteiger partial charge in [-0.3, -0.25) is 0 Å². The molecule has 76 valence electrons. The van der Waals surface area contributed by atoms with Gasteiger partial charge in [-0.15, -0.1) is 0 Å². The Hall–Kier alpha value is -1.39. The molecular formula is C9H7F4O+. The van der Waals surface area contributed by atoms with Crippen molar-refractivity contribution >= 4 is 5.78 Å². The van der Waals surface area contributed by atoms with Crippen LogP contribution >= 0.6 is 0 Å². The van der Waals surface area contributed by atoms with E-state index in [1.54, 1.807) is 0 Å². The molecule has 1 aromatic rings. The molecule has 0 fully saturated rings. The van der Waals surface area contributed by atoms with Crippen molar-refractivity contribution in [3.63, 3.8) is 0 Å². The summed E-state index contributed by atoms with van der Waals surface area (Å²) < 4.78 is 72.9. The molecule has 0 heterocycles. The molecule has 0 saturated carbocycles. The van der Waals surface area contributed by atoms with Crippen LogP contribution in [-0.2, 0) is 0 Å². The van der Waals surface area contributed by atoms with E-state index >= 15 is 0 Å². The van der Waals surface area contributed by atoms with Crippen molar-refractivity contribution in [3.05, 3.63) is 35.6 Å². The smallest absolute Gasteiger partial charge is 0.207 e. The van der Waals surface area contributed by atoms with Gasteiger partial charge >= 0.3 is 12.1 Å². The minimum atomic E-state index is -5.11. The molecule has 0 aliphatic carbocycles. The third-order valence-corrected chi connectivity index (χ3v) is 1.32. The molecule has 0 N–H and O–H groups in total. The first-order chi connectivity index (χ1) is 7.59. The molecule has 14 heavy (non-hydrogen) atoms. The van der Waals surface area contributed by atoms with E-state index in [0.29, 0.717) is 0 Å². The molecule has 0 spiro atoms. The van der Waals surface area contributed by atoms with Crippen LogP contribution < -0.4 is 0 Å². The van der Waals surface area contributed by atoms with Gasteiger partial charge in [0.1, 0.15) is 5.82 Å². The van der Waals surface area contributed by atoms with E-state index in [1.165, 1.54) is 0 Å². The molecule has 0 saturated heterocycles. The minimum Gasteiger partial charge on any atom is -0.207 e. The maximum atomic E-state index is 12.6. The first-order valence-corrected chi connectivity index (χ1v) is 3.49. The van der Waals surface area contributed by atoms with Crippen LogP contribution in [0.2, 0.25) is 0 Å². The van der Waals surface area contributed by atoms with Gasteiger partial charge in [-0.25, -0.2) is 4.39 Å². The normalized spacial score (nSPS) is 17.1. The fourth-order valence-electron chi connectivity index (χ4n) is 0.776. The van der Waals surface area contributed by atoms with Gasteiger partial charge in [-0.05, 0) is 24.3 Å².